The van der Waals surface area contributed by atoms with Gasteiger partial charge in [-0.3, -0.25) is 4.72 Å². The molecular weight excluding hydrogens is 452 g/mol. The van der Waals surface area contributed by atoms with Crippen molar-refractivity contribution in [3.8, 4) is 0 Å². The second-order valence-corrected chi connectivity index (χ2v) is 12.0. The molecular formula is C25H34N4O2S2. The lowest BCUT2D eigenvalue weighted by molar-refractivity contribution is 0.256. The molecule has 178 valence electrons. The summed E-state index contributed by atoms with van der Waals surface area (Å²) in [5.74, 6) is 1.43. The van der Waals surface area contributed by atoms with Gasteiger partial charge in [0.1, 0.15) is 0 Å². The van der Waals surface area contributed by atoms with Crippen molar-refractivity contribution in [1.82, 2.24) is 10.3 Å². The van der Waals surface area contributed by atoms with Crippen molar-refractivity contribution >= 4 is 42.4 Å². The van der Waals surface area contributed by atoms with Crippen LogP contribution in [0, 0.1) is 11.8 Å². The van der Waals surface area contributed by atoms with Crippen LogP contribution in [0.2, 0.25) is 0 Å². The number of anilines is 2. The van der Waals surface area contributed by atoms with Crippen LogP contribution < -0.4 is 14.9 Å². The fourth-order valence-electron chi connectivity index (χ4n) is 4.53. The van der Waals surface area contributed by atoms with Crippen LogP contribution in [0.4, 0.5) is 10.8 Å². The SMILES string of the molecule is CC(CNCc1ccccc1NS(=O)(=O)c1ccc2nc(N(C)C)sc2c1)C1CCCCC1. The number of rotatable bonds is 9. The predicted octanol–water partition coefficient (Wildman–Crippen LogP) is 5.47. The zero-order valence-corrected chi connectivity index (χ0v) is 21.3. The fourth-order valence-corrected chi connectivity index (χ4v) is 6.66. The van der Waals surface area contributed by atoms with Gasteiger partial charge in [-0.1, -0.05) is 68.6 Å². The van der Waals surface area contributed by atoms with E-state index in [2.05, 4.69) is 21.9 Å². The van der Waals surface area contributed by atoms with Crippen molar-refractivity contribution in [3.63, 3.8) is 0 Å². The van der Waals surface area contributed by atoms with Crippen LogP contribution in [-0.2, 0) is 16.6 Å². The lowest BCUT2D eigenvalue weighted by Gasteiger charge is -2.28. The van der Waals surface area contributed by atoms with Crippen molar-refractivity contribution in [3.05, 3.63) is 48.0 Å². The van der Waals surface area contributed by atoms with E-state index in [0.717, 1.165) is 33.4 Å². The molecule has 0 radical (unpaired) electrons. The molecule has 1 aliphatic rings. The van der Waals surface area contributed by atoms with E-state index in [1.807, 2.05) is 43.3 Å². The summed E-state index contributed by atoms with van der Waals surface area (Å²) in [6, 6.07) is 12.7. The number of aromatic nitrogens is 1. The monoisotopic (exact) mass is 486 g/mol. The van der Waals surface area contributed by atoms with Crippen LogP contribution in [0.15, 0.2) is 47.4 Å². The van der Waals surface area contributed by atoms with Crippen molar-refractivity contribution in [1.29, 1.82) is 0 Å². The Morgan fingerprint density at radius 3 is 2.64 bits per heavy atom. The summed E-state index contributed by atoms with van der Waals surface area (Å²) in [6.07, 6.45) is 6.74. The van der Waals surface area contributed by atoms with Crippen LogP contribution in [0.25, 0.3) is 10.2 Å². The Hall–Kier alpha value is -2.16. The van der Waals surface area contributed by atoms with Crippen LogP contribution in [-0.4, -0.2) is 34.0 Å². The first-order valence-electron chi connectivity index (χ1n) is 11.7. The van der Waals surface area contributed by atoms with E-state index in [4.69, 9.17) is 0 Å². The molecule has 1 fully saturated rings. The van der Waals surface area contributed by atoms with E-state index in [1.165, 1.54) is 43.4 Å². The number of nitrogens with one attached hydrogen (secondary N) is 2. The van der Waals surface area contributed by atoms with E-state index in [1.54, 1.807) is 18.2 Å². The molecule has 0 spiro atoms. The lowest BCUT2D eigenvalue weighted by Crippen LogP contribution is -2.27. The molecule has 1 atom stereocenters. The zero-order valence-electron chi connectivity index (χ0n) is 19.7. The zero-order chi connectivity index (χ0) is 23.4. The molecule has 0 saturated heterocycles. The molecule has 1 aliphatic carbocycles. The number of para-hydroxylation sites is 1. The van der Waals surface area contributed by atoms with Crippen molar-refractivity contribution in [2.75, 3.05) is 30.3 Å². The summed E-state index contributed by atoms with van der Waals surface area (Å²) in [7, 11) is 0.147. The molecule has 6 nitrogen and oxygen atoms in total. The number of fused-ring (bicyclic) bond motifs is 1. The van der Waals surface area contributed by atoms with Crippen LogP contribution in [0.3, 0.4) is 0 Å². The van der Waals surface area contributed by atoms with Gasteiger partial charge in [-0.15, -0.1) is 0 Å². The highest BCUT2D eigenvalue weighted by Gasteiger charge is 2.20. The molecule has 1 heterocycles. The highest BCUT2D eigenvalue weighted by atomic mass is 32.2. The Morgan fingerprint density at radius 2 is 1.88 bits per heavy atom. The molecule has 3 aromatic rings. The van der Waals surface area contributed by atoms with Gasteiger partial charge in [0.2, 0.25) is 0 Å². The minimum Gasteiger partial charge on any atom is -0.354 e. The lowest BCUT2D eigenvalue weighted by atomic mass is 9.81. The van der Waals surface area contributed by atoms with E-state index in [0.29, 0.717) is 18.2 Å². The van der Waals surface area contributed by atoms with Crippen LogP contribution >= 0.6 is 11.3 Å². The minimum absolute atomic E-state index is 0.248. The topological polar surface area (TPSA) is 74.3 Å². The number of hydrogen-bond acceptors (Lipinski definition) is 6. The average molecular weight is 487 g/mol. The summed E-state index contributed by atoms with van der Waals surface area (Å²) in [5.41, 5.74) is 2.37. The van der Waals surface area contributed by atoms with Crippen molar-refractivity contribution in [2.45, 2.75) is 50.5 Å². The maximum absolute atomic E-state index is 13.2. The predicted molar refractivity (Wildman–Crippen MR) is 139 cm³/mol. The van der Waals surface area contributed by atoms with Gasteiger partial charge >= 0.3 is 0 Å². The third-order valence-corrected chi connectivity index (χ3v) is 9.09. The van der Waals surface area contributed by atoms with Gasteiger partial charge in [0.05, 0.1) is 20.8 Å². The summed E-state index contributed by atoms with van der Waals surface area (Å²) in [6.45, 7) is 3.91. The first kappa shape index (κ1) is 24.0. The summed E-state index contributed by atoms with van der Waals surface area (Å²) in [5, 5.41) is 4.41. The quantitative estimate of drug-likeness (QED) is 0.420. The summed E-state index contributed by atoms with van der Waals surface area (Å²) >= 11 is 1.48. The highest BCUT2D eigenvalue weighted by molar-refractivity contribution is 7.92. The number of hydrogen-bond donors (Lipinski definition) is 2. The van der Waals surface area contributed by atoms with E-state index >= 15 is 0 Å². The van der Waals surface area contributed by atoms with Crippen LogP contribution in [0.1, 0.15) is 44.6 Å². The van der Waals surface area contributed by atoms with E-state index in [9.17, 15) is 8.42 Å². The summed E-state index contributed by atoms with van der Waals surface area (Å²) < 4.78 is 30.0. The van der Waals surface area contributed by atoms with Gasteiger partial charge in [-0.25, -0.2) is 13.4 Å². The second kappa shape index (κ2) is 10.4. The molecule has 0 bridgehead atoms. The molecule has 1 saturated carbocycles. The Labute approximate surface area is 201 Å². The molecule has 0 amide bonds. The van der Waals surface area contributed by atoms with E-state index < -0.39 is 10.0 Å². The first-order valence-corrected chi connectivity index (χ1v) is 14.0. The standard InChI is InChI=1S/C25H34N4O2S2/c1-18(19-9-5-4-6-10-19)16-26-17-20-11-7-8-12-22(20)28-33(30,31)21-13-14-23-24(15-21)32-25(27-23)29(2)3/h7-8,11-15,18-19,26,28H,4-6,9-10,16-17H2,1-3H3. The average Bonchev–Trinajstić information content (AvgIpc) is 3.24. The number of benzene rings is 2. The van der Waals surface area contributed by atoms with Gasteiger partial charge in [0, 0.05) is 20.6 Å². The Balaban J connectivity index is 1.44. The highest BCUT2D eigenvalue weighted by Crippen LogP contribution is 2.31. The van der Waals surface area contributed by atoms with Gasteiger partial charge in [-0.2, -0.15) is 0 Å². The molecule has 4 rings (SSSR count). The Bertz CT molecular complexity index is 1180. The van der Waals surface area contributed by atoms with Crippen molar-refractivity contribution in [2.24, 2.45) is 11.8 Å². The van der Waals surface area contributed by atoms with Gasteiger partial charge in [0.25, 0.3) is 10.0 Å². The normalized spacial score (nSPS) is 16.1. The Kier molecular flexibility index (Phi) is 7.56. The first-order chi connectivity index (χ1) is 15.8. The molecule has 33 heavy (non-hydrogen) atoms. The molecule has 8 heteroatoms. The summed E-state index contributed by atoms with van der Waals surface area (Å²) in [4.78, 5) is 6.71. The Morgan fingerprint density at radius 1 is 1.12 bits per heavy atom. The van der Waals surface area contributed by atoms with Gasteiger partial charge < -0.3 is 10.2 Å². The number of thiazole rings is 1. The molecule has 2 aromatic carbocycles. The largest absolute Gasteiger partial charge is 0.354 e. The third-order valence-electron chi connectivity index (χ3n) is 6.54. The maximum Gasteiger partial charge on any atom is 0.261 e. The molecule has 1 aromatic heterocycles. The van der Waals surface area contributed by atoms with Gasteiger partial charge in [0.15, 0.2) is 5.13 Å². The number of sulfonamides is 1. The molecule has 0 aliphatic heterocycles. The second-order valence-electron chi connectivity index (χ2n) is 9.29. The number of nitrogens with zero attached hydrogens (tertiary/aromatic N) is 2. The smallest absolute Gasteiger partial charge is 0.261 e. The molecule has 1 unspecified atom stereocenters. The third kappa shape index (κ3) is 5.86. The van der Waals surface area contributed by atoms with Crippen molar-refractivity contribution < 1.29 is 8.42 Å². The fraction of sp³-hybridized carbons (Fsp3) is 0.480. The maximum atomic E-state index is 13.2. The van der Waals surface area contributed by atoms with Crippen LogP contribution in [0.5, 0.6) is 0 Å². The van der Waals surface area contributed by atoms with Gasteiger partial charge in [-0.05, 0) is 48.2 Å². The van der Waals surface area contributed by atoms with E-state index in [-0.39, 0.29) is 4.90 Å². The molecule has 2 N–H and O–H groups in total. The minimum atomic E-state index is -3.71.